The van der Waals surface area contributed by atoms with Gasteiger partial charge in [0, 0.05) is 24.0 Å². The number of nitrogens with one attached hydrogen (secondary N) is 1. The van der Waals surface area contributed by atoms with Gasteiger partial charge in [0.1, 0.15) is 11.4 Å². The fourth-order valence-electron chi connectivity index (χ4n) is 3.86. The van der Waals surface area contributed by atoms with Gasteiger partial charge in [-0.05, 0) is 49.9 Å². The van der Waals surface area contributed by atoms with E-state index >= 15 is 0 Å². The molecule has 0 radical (unpaired) electrons. The number of nitrogens with two attached hydrogens (primary N) is 1. The molecule has 0 aliphatic heterocycles. The Kier molecular flexibility index (Phi) is 8.16. The molecule has 3 aromatic rings. The number of aromatic nitrogens is 2. The molecule has 0 unspecified atom stereocenters. The molecule has 0 bridgehead atoms. The lowest BCUT2D eigenvalue weighted by Gasteiger charge is -2.24. The van der Waals surface area contributed by atoms with Crippen molar-refractivity contribution in [3.8, 4) is 0 Å². The number of hydrogen-bond acceptors (Lipinski definition) is 7. The average Bonchev–Trinajstić information content (AvgIpc) is 3.18. The largest absolute Gasteiger partial charge is 0.464 e. The van der Waals surface area contributed by atoms with E-state index in [9.17, 15) is 19.2 Å². The number of H-pyrrole nitrogens is 1. The highest BCUT2D eigenvalue weighted by atomic mass is 16.5. The van der Waals surface area contributed by atoms with Crippen molar-refractivity contribution in [2.45, 2.75) is 59.9 Å². The number of nitrogens with zero attached hydrogens (tertiary/aromatic N) is 2. The molecule has 0 aliphatic carbocycles. The van der Waals surface area contributed by atoms with Crippen molar-refractivity contribution in [3.63, 3.8) is 0 Å². The number of nitrogen functional groups attached to an aromatic ring is 1. The predicted molar refractivity (Wildman–Crippen MR) is 134 cm³/mol. The van der Waals surface area contributed by atoms with E-state index in [1.807, 2.05) is 39.8 Å². The number of ether oxygens (including phenoxy) is 1. The number of anilines is 2. The molecule has 35 heavy (non-hydrogen) atoms. The maximum Gasteiger partial charge on any atom is 0.330 e. The zero-order chi connectivity index (χ0) is 25.7. The quantitative estimate of drug-likeness (QED) is 0.422. The third kappa shape index (κ3) is 5.64. The van der Waals surface area contributed by atoms with Gasteiger partial charge >= 0.3 is 11.7 Å². The van der Waals surface area contributed by atoms with Gasteiger partial charge in [-0.15, -0.1) is 0 Å². The zero-order valence-corrected chi connectivity index (χ0v) is 20.6. The summed E-state index contributed by atoms with van der Waals surface area (Å²) < 4.78 is 12.0. The first-order valence-electron chi connectivity index (χ1n) is 11.7. The van der Waals surface area contributed by atoms with Crippen LogP contribution in [0.2, 0.25) is 0 Å². The van der Waals surface area contributed by atoms with Gasteiger partial charge < -0.3 is 19.8 Å². The van der Waals surface area contributed by atoms with E-state index in [4.69, 9.17) is 14.9 Å². The summed E-state index contributed by atoms with van der Waals surface area (Å²) in [6.07, 6.45) is 3.39. The highest BCUT2D eigenvalue weighted by Crippen LogP contribution is 2.25. The molecule has 2 heterocycles. The van der Waals surface area contributed by atoms with Gasteiger partial charge in [0.25, 0.3) is 11.5 Å². The molecule has 3 N–H and O–H groups in total. The minimum atomic E-state index is -0.758. The minimum absolute atomic E-state index is 0.0676. The fraction of sp³-hybridized carbons (Fsp3) is 0.440. The van der Waals surface area contributed by atoms with Crippen molar-refractivity contribution in [1.82, 2.24) is 9.55 Å². The first-order chi connectivity index (χ1) is 16.7. The zero-order valence-electron chi connectivity index (χ0n) is 20.6. The van der Waals surface area contributed by atoms with Crippen molar-refractivity contribution in [1.29, 1.82) is 0 Å². The highest BCUT2D eigenvalue weighted by molar-refractivity contribution is 5.97. The molecule has 0 saturated heterocycles. The lowest BCUT2D eigenvalue weighted by atomic mass is 10.0. The Hall–Kier alpha value is -3.82. The smallest absolute Gasteiger partial charge is 0.330 e. The molecular weight excluding hydrogens is 452 g/mol. The second-order valence-electron chi connectivity index (χ2n) is 8.57. The van der Waals surface area contributed by atoms with Gasteiger partial charge in [0.2, 0.25) is 0 Å². The number of carbonyl (C=O) groups excluding carboxylic acids is 2. The number of esters is 1. The number of unbranched alkanes of at least 4 members (excludes halogenated alkanes) is 1. The van der Waals surface area contributed by atoms with E-state index in [2.05, 4.69) is 4.98 Å². The summed E-state index contributed by atoms with van der Waals surface area (Å²) in [4.78, 5) is 53.7. The van der Waals surface area contributed by atoms with Crippen LogP contribution < -0.4 is 21.9 Å². The summed E-state index contributed by atoms with van der Waals surface area (Å²) in [5, 5.41) is 0.818. The molecule has 2 aromatic heterocycles. The first-order valence-corrected chi connectivity index (χ1v) is 11.7. The van der Waals surface area contributed by atoms with Crippen LogP contribution in [0.1, 0.15) is 49.8 Å². The van der Waals surface area contributed by atoms with E-state index in [0.29, 0.717) is 24.0 Å². The summed E-state index contributed by atoms with van der Waals surface area (Å²) in [7, 11) is 0. The second kappa shape index (κ2) is 11.1. The predicted octanol–water partition coefficient (Wildman–Crippen LogP) is 2.81. The van der Waals surface area contributed by atoms with Crippen LogP contribution in [0.5, 0.6) is 0 Å². The van der Waals surface area contributed by atoms with Crippen LogP contribution in [0.4, 0.5) is 11.5 Å². The van der Waals surface area contributed by atoms with E-state index in [-0.39, 0.29) is 31.0 Å². The molecule has 1 amide bonds. The number of furan rings is 1. The van der Waals surface area contributed by atoms with Crippen LogP contribution in [-0.2, 0) is 27.3 Å². The number of amides is 1. The van der Waals surface area contributed by atoms with Crippen LogP contribution >= 0.6 is 0 Å². The molecule has 1 aromatic carbocycles. The Morgan fingerprint density at radius 2 is 1.86 bits per heavy atom. The van der Waals surface area contributed by atoms with Crippen molar-refractivity contribution in [3.05, 3.63) is 55.9 Å². The molecule has 0 fully saturated rings. The molecule has 0 spiro atoms. The monoisotopic (exact) mass is 484 g/mol. The summed E-state index contributed by atoms with van der Waals surface area (Å²) in [5.41, 5.74) is 8.12. The van der Waals surface area contributed by atoms with Gasteiger partial charge in [-0.2, -0.15) is 0 Å². The number of carbonyl (C=O) groups is 2. The van der Waals surface area contributed by atoms with Gasteiger partial charge in [-0.3, -0.25) is 23.9 Å². The number of rotatable bonds is 10. The Labute approximate surface area is 202 Å². The standard InChI is InChI=1S/C25H32N4O6/c1-5-7-9-28(22-23(26)29(8-6-2)25(33)27-24(22)32)20(30)14-35-21(31)12-17-13-34-19-11-16(4)15(3)10-18(17)19/h10-11,13H,5-9,12,14,26H2,1-4H3,(H,27,32,33). The third-order valence-electron chi connectivity index (χ3n) is 5.93. The summed E-state index contributed by atoms with van der Waals surface area (Å²) in [6.45, 7) is 7.67. The average molecular weight is 485 g/mol. The maximum atomic E-state index is 13.0. The number of aromatic amines is 1. The molecule has 3 rings (SSSR count). The van der Waals surface area contributed by atoms with E-state index in [0.717, 1.165) is 22.9 Å². The van der Waals surface area contributed by atoms with Gasteiger partial charge in [0.05, 0.1) is 12.7 Å². The normalized spacial score (nSPS) is 11.1. The molecule has 10 nitrogen and oxygen atoms in total. The second-order valence-corrected chi connectivity index (χ2v) is 8.57. The summed E-state index contributed by atoms with van der Waals surface area (Å²) in [6, 6.07) is 3.86. The van der Waals surface area contributed by atoms with Crippen LogP contribution in [-0.4, -0.2) is 34.6 Å². The molecule has 0 aliphatic rings. The van der Waals surface area contributed by atoms with Gasteiger partial charge in [0.15, 0.2) is 12.3 Å². The minimum Gasteiger partial charge on any atom is -0.464 e. The Balaban J connectivity index is 1.78. The van der Waals surface area contributed by atoms with Crippen molar-refractivity contribution < 1.29 is 18.7 Å². The summed E-state index contributed by atoms with van der Waals surface area (Å²) >= 11 is 0. The molecule has 0 saturated carbocycles. The fourth-order valence-corrected chi connectivity index (χ4v) is 3.86. The molecule has 10 heteroatoms. The van der Waals surface area contributed by atoms with Crippen LogP contribution in [0.15, 0.2) is 32.4 Å². The van der Waals surface area contributed by atoms with Crippen molar-refractivity contribution in [2.75, 3.05) is 23.8 Å². The number of hydrogen-bond donors (Lipinski definition) is 2. The van der Waals surface area contributed by atoms with Crippen molar-refractivity contribution in [2.24, 2.45) is 0 Å². The van der Waals surface area contributed by atoms with E-state index < -0.39 is 29.7 Å². The van der Waals surface area contributed by atoms with Gasteiger partial charge in [-0.1, -0.05) is 20.3 Å². The maximum absolute atomic E-state index is 13.0. The molecule has 188 valence electrons. The van der Waals surface area contributed by atoms with Crippen LogP contribution in [0.25, 0.3) is 11.0 Å². The molecular formula is C25H32N4O6. The molecule has 0 atom stereocenters. The Morgan fingerprint density at radius 1 is 1.14 bits per heavy atom. The van der Waals surface area contributed by atoms with E-state index in [1.165, 1.54) is 15.7 Å². The Bertz CT molecular complexity index is 1350. The summed E-state index contributed by atoms with van der Waals surface area (Å²) in [5.74, 6) is -1.30. The van der Waals surface area contributed by atoms with Crippen molar-refractivity contribution >= 4 is 34.4 Å². The number of fused-ring (bicyclic) bond motifs is 1. The van der Waals surface area contributed by atoms with Gasteiger partial charge in [-0.25, -0.2) is 4.79 Å². The lowest BCUT2D eigenvalue weighted by Crippen LogP contribution is -2.43. The Morgan fingerprint density at radius 3 is 2.54 bits per heavy atom. The van der Waals surface area contributed by atoms with E-state index in [1.54, 1.807) is 0 Å². The first kappa shape index (κ1) is 25.8. The SMILES string of the molecule is CCCCN(C(=O)COC(=O)Cc1coc2cc(C)c(C)cc12)c1c(N)n(CCC)c(=O)[nH]c1=O. The van der Waals surface area contributed by atoms with Crippen LogP contribution in [0, 0.1) is 13.8 Å². The highest BCUT2D eigenvalue weighted by Gasteiger charge is 2.25. The lowest BCUT2D eigenvalue weighted by molar-refractivity contribution is -0.147. The third-order valence-corrected chi connectivity index (χ3v) is 5.93. The number of aryl methyl sites for hydroxylation is 2. The topological polar surface area (TPSA) is 141 Å². The van der Waals surface area contributed by atoms with Crippen LogP contribution in [0.3, 0.4) is 0 Å². The number of benzene rings is 1.